The van der Waals surface area contributed by atoms with E-state index >= 15 is 0 Å². The predicted octanol–water partition coefficient (Wildman–Crippen LogP) is 1.87. The van der Waals surface area contributed by atoms with Gasteiger partial charge in [-0.3, -0.25) is 0 Å². The van der Waals surface area contributed by atoms with Gasteiger partial charge in [0.1, 0.15) is 4.90 Å². The molecule has 0 aliphatic carbocycles. The van der Waals surface area contributed by atoms with E-state index in [0.717, 1.165) is 36.4 Å². The predicted molar refractivity (Wildman–Crippen MR) is 85.2 cm³/mol. The largest absolute Gasteiger partial charge is 0.381 e. The molecule has 0 saturated carbocycles. The van der Waals surface area contributed by atoms with Crippen LogP contribution in [-0.2, 0) is 21.3 Å². The third-order valence-electron chi connectivity index (χ3n) is 3.56. The lowest BCUT2D eigenvalue weighted by Gasteiger charge is -2.12. The number of thiophene rings is 1. The van der Waals surface area contributed by atoms with Gasteiger partial charge in [0.2, 0.25) is 10.0 Å². The van der Waals surface area contributed by atoms with Crippen molar-refractivity contribution >= 4 is 21.4 Å². The van der Waals surface area contributed by atoms with Crippen LogP contribution in [0.15, 0.2) is 10.3 Å². The van der Waals surface area contributed by atoms with E-state index in [1.807, 2.05) is 12.3 Å². The van der Waals surface area contributed by atoms with Crippen molar-refractivity contribution < 1.29 is 13.2 Å². The lowest BCUT2D eigenvalue weighted by molar-refractivity contribution is 0.186. The molecule has 0 spiro atoms. The van der Waals surface area contributed by atoms with E-state index in [4.69, 9.17) is 4.74 Å². The third kappa shape index (κ3) is 4.50. The zero-order valence-electron chi connectivity index (χ0n) is 12.6. The molecule has 1 atom stereocenters. The number of rotatable bonds is 8. The van der Waals surface area contributed by atoms with Gasteiger partial charge >= 0.3 is 0 Å². The quantitative estimate of drug-likeness (QED) is 0.713. The van der Waals surface area contributed by atoms with Crippen LogP contribution in [0.2, 0.25) is 0 Å². The molecule has 21 heavy (non-hydrogen) atoms. The minimum Gasteiger partial charge on any atom is -0.381 e. The van der Waals surface area contributed by atoms with Crippen molar-refractivity contribution in [1.82, 2.24) is 10.0 Å². The van der Waals surface area contributed by atoms with Crippen LogP contribution in [0, 0.1) is 12.8 Å². The van der Waals surface area contributed by atoms with Gasteiger partial charge in [0.05, 0.1) is 6.61 Å². The lowest BCUT2D eigenvalue weighted by atomic mass is 10.1. The van der Waals surface area contributed by atoms with Crippen LogP contribution in [0.4, 0.5) is 0 Å². The molecular formula is C14H24N2O3S2. The molecule has 1 aromatic heterocycles. The summed E-state index contributed by atoms with van der Waals surface area (Å²) in [4.78, 5) is 1.34. The summed E-state index contributed by atoms with van der Waals surface area (Å²) in [5, 5.41) is 5.19. The van der Waals surface area contributed by atoms with E-state index in [-0.39, 0.29) is 0 Å². The SMILES string of the molecule is CCCNCc1scc(C)c1S(=O)(=O)NCC1CCOC1. The summed E-state index contributed by atoms with van der Waals surface area (Å²) < 4.78 is 33.1. The number of hydrogen-bond donors (Lipinski definition) is 2. The number of nitrogens with one attached hydrogen (secondary N) is 2. The van der Waals surface area contributed by atoms with E-state index in [1.165, 1.54) is 11.3 Å². The second-order valence-electron chi connectivity index (χ2n) is 5.43. The number of ether oxygens (including phenoxy) is 1. The molecule has 0 bridgehead atoms. The summed E-state index contributed by atoms with van der Waals surface area (Å²) in [7, 11) is -3.44. The van der Waals surface area contributed by atoms with Gasteiger partial charge in [-0.15, -0.1) is 11.3 Å². The smallest absolute Gasteiger partial charge is 0.241 e. The molecule has 2 rings (SSSR count). The van der Waals surface area contributed by atoms with Gasteiger partial charge in [0.25, 0.3) is 0 Å². The molecule has 2 N–H and O–H groups in total. The molecule has 0 radical (unpaired) electrons. The Morgan fingerprint density at radius 2 is 2.29 bits per heavy atom. The van der Waals surface area contributed by atoms with Gasteiger partial charge in [-0.25, -0.2) is 13.1 Å². The van der Waals surface area contributed by atoms with Gasteiger partial charge in [-0.05, 0) is 43.2 Å². The fourth-order valence-electron chi connectivity index (χ4n) is 2.39. The molecule has 1 aromatic rings. The topological polar surface area (TPSA) is 67.4 Å². The molecule has 7 heteroatoms. The Balaban J connectivity index is 2.05. The maximum absolute atomic E-state index is 12.6. The van der Waals surface area contributed by atoms with Crippen LogP contribution in [0.1, 0.15) is 30.2 Å². The van der Waals surface area contributed by atoms with Crippen LogP contribution in [0.3, 0.4) is 0 Å². The molecule has 0 aromatic carbocycles. The zero-order chi connectivity index (χ0) is 15.3. The van der Waals surface area contributed by atoms with E-state index < -0.39 is 10.0 Å². The van der Waals surface area contributed by atoms with Gasteiger partial charge in [0.15, 0.2) is 0 Å². The first kappa shape index (κ1) is 16.9. The Morgan fingerprint density at radius 3 is 2.95 bits per heavy atom. The molecule has 2 heterocycles. The first-order valence-electron chi connectivity index (χ1n) is 7.39. The van der Waals surface area contributed by atoms with Crippen LogP contribution < -0.4 is 10.0 Å². The minimum absolute atomic E-state index is 0.292. The van der Waals surface area contributed by atoms with Gasteiger partial charge in [-0.1, -0.05) is 6.92 Å². The van der Waals surface area contributed by atoms with Crippen molar-refractivity contribution in [2.75, 3.05) is 26.3 Å². The highest BCUT2D eigenvalue weighted by Crippen LogP contribution is 2.27. The van der Waals surface area contributed by atoms with E-state index in [0.29, 0.717) is 30.5 Å². The van der Waals surface area contributed by atoms with Crippen LogP contribution in [0.25, 0.3) is 0 Å². The summed E-state index contributed by atoms with van der Waals surface area (Å²) >= 11 is 1.51. The van der Waals surface area contributed by atoms with E-state index in [9.17, 15) is 8.42 Å². The molecule has 1 fully saturated rings. The summed E-state index contributed by atoms with van der Waals surface area (Å²) in [5.41, 5.74) is 0.823. The van der Waals surface area contributed by atoms with Gasteiger partial charge in [0, 0.05) is 24.6 Å². The Bertz CT molecular complexity index is 549. The fourth-order valence-corrected chi connectivity index (χ4v) is 5.29. The second kappa shape index (κ2) is 7.69. The minimum atomic E-state index is -3.44. The molecule has 120 valence electrons. The summed E-state index contributed by atoms with van der Waals surface area (Å²) in [6, 6.07) is 0. The Morgan fingerprint density at radius 1 is 1.48 bits per heavy atom. The van der Waals surface area contributed by atoms with Crippen molar-refractivity contribution in [1.29, 1.82) is 0 Å². The van der Waals surface area contributed by atoms with E-state index in [2.05, 4.69) is 17.0 Å². The third-order valence-corrected chi connectivity index (χ3v) is 6.44. The second-order valence-corrected chi connectivity index (χ2v) is 8.10. The number of hydrogen-bond acceptors (Lipinski definition) is 5. The Kier molecular flexibility index (Phi) is 6.19. The number of sulfonamides is 1. The van der Waals surface area contributed by atoms with Crippen molar-refractivity contribution in [2.24, 2.45) is 5.92 Å². The maximum Gasteiger partial charge on any atom is 0.241 e. The van der Waals surface area contributed by atoms with Crippen LogP contribution >= 0.6 is 11.3 Å². The molecule has 5 nitrogen and oxygen atoms in total. The zero-order valence-corrected chi connectivity index (χ0v) is 14.3. The lowest BCUT2D eigenvalue weighted by Crippen LogP contribution is -2.30. The van der Waals surface area contributed by atoms with Crippen molar-refractivity contribution in [3.05, 3.63) is 15.8 Å². The normalized spacial score (nSPS) is 19.2. The van der Waals surface area contributed by atoms with Gasteiger partial charge in [-0.2, -0.15) is 0 Å². The molecule has 1 unspecified atom stereocenters. The Labute approximate surface area is 131 Å². The standard InChI is InChI=1S/C14H24N2O3S2/c1-3-5-15-8-13-14(11(2)10-20-13)21(17,18)16-7-12-4-6-19-9-12/h10,12,15-16H,3-9H2,1-2H3. The average molecular weight is 332 g/mol. The first-order chi connectivity index (χ1) is 10.0. The van der Waals surface area contributed by atoms with E-state index in [1.54, 1.807) is 0 Å². The maximum atomic E-state index is 12.6. The average Bonchev–Trinajstić information content (AvgIpc) is 3.07. The van der Waals surface area contributed by atoms with Crippen LogP contribution in [0.5, 0.6) is 0 Å². The highest BCUT2D eigenvalue weighted by molar-refractivity contribution is 7.89. The highest BCUT2D eigenvalue weighted by atomic mass is 32.2. The van der Waals surface area contributed by atoms with Crippen molar-refractivity contribution in [3.8, 4) is 0 Å². The summed E-state index contributed by atoms with van der Waals surface area (Å²) in [5.74, 6) is 0.292. The van der Waals surface area contributed by atoms with Crippen molar-refractivity contribution in [2.45, 2.75) is 38.1 Å². The van der Waals surface area contributed by atoms with Gasteiger partial charge < -0.3 is 10.1 Å². The fraction of sp³-hybridized carbons (Fsp3) is 0.714. The number of aryl methyl sites for hydroxylation is 1. The van der Waals surface area contributed by atoms with Crippen LogP contribution in [-0.4, -0.2) is 34.7 Å². The molecular weight excluding hydrogens is 308 g/mol. The Hall–Kier alpha value is -0.470. The highest BCUT2D eigenvalue weighted by Gasteiger charge is 2.25. The molecule has 1 aliphatic rings. The first-order valence-corrected chi connectivity index (χ1v) is 9.76. The van der Waals surface area contributed by atoms with Crippen molar-refractivity contribution in [3.63, 3.8) is 0 Å². The molecule has 1 saturated heterocycles. The summed E-state index contributed by atoms with van der Waals surface area (Å²) in [6.45, 7) is 7.28. The summed E-state index contributed by atoms with van der Waals surface area (Å²) in [6.07, 6.45) is 1.96. The monoisotopic (exact) mass is 332 g/mol. The molecule has 1 aliphatic heterocycles. The molecule has 0 amide bonds.